The molecule has 13 heteroatoms. The SMILES string of the molecule is CCNC(=NCCc1c(C)noc1C)NC1CCN(S(=O)(=O)C(F)(F)F)CC1.I. The summed E-state index contributed by atoms with van der Waals surface area (Å²) in [6.45, 7) is 6.35. The number of alkyl halides is 3. The van der Waals surface area contributed by atoms with Gasteiger partial charge in [0, 0.05) is 37.8 Å². The summed E-state index contributed by atoms with van der Waals surface area (Å²) in [5, 5.41) is 10.2. The first kappa shape index (κ1) is 25.9. The highest BCUT2D eigenvalue weighted by Gasteiger charge is 2.50. The van der Waals surface area contributed by atoms with Gasteiger partial charge in [0.1, 0.15) is 5.76 Å². The monoisotopic (exact) mass is 553 g/mol. The summed E-state index contributed by atoms with van der Waals surface area (Å²) < 4.78 is 66.5. The molecule has 0 unspecified atom stereocenters. The van der Waals surface area contributed by atoms with E-state index >= 15 is 0 Å². The Kier molecular flexibility index (Phi) is 9.66. The Morgan fingerprint density at radius 2 is 1.93 bits per heavy atom. The minimum Gasteiger partial charge on any atom is -0.361 e. The minimum atomic E-state index is -5.26. The smallest absolute Gasteiger partial charge is 0.361 e. The van der Waals surface area contributed by atoms with Crippen molar-refractivity contribution < 1.29 is 26.1 Å². The van der Waals surface area contributed by atoms with Crippen molar-refractivity contribution in [1.29, 1.82) is 0 Å². The van der Waals surface area contributed by atoms with E-state index in [4.69, 9.17) is 4.52 Å². The van der Waals surface area contributed by atoms with Gasteiger partial charge in [0.2, 0.25) is 0 Å². The summed E-state index contributed by atoms with van der Waals surface area (Å²) in [5.41, 5.74) is -3.43. The van der Waals surface area contributed by atoms with Crippen LogP contribution in [0.2, 0.25) is 0 Å². The van der Waals surface area contributed by atoms with Crippen molar-refractivity contribution >= 4 is 40.0 Å². The first-order chi connectivity index (χ1) is 13.1. The zero-order valence-electron chi connectivity index (χ0n) is 16.5. The first-order valence-electron chi connectivity index (χ1n) is 9.09. The predicted molar refractivity (Wildman–Crippen MR) is 114 cm³/mol. The van der Waals surface area contributed by atoms with Gasteiger partial charge in [0.25, 0.3) is 0 Å². The van der Waals surface area contributed by atoms with E-state index in [1.807, 2.05) is 20.8 Å². The molecule has 2 heterocycles. The Hall–Kier alpha value is -1.09. The molecule has 0 aliphatic carbocycles. The molecule has 2 N–H and O–H groups in total. The van der Waals surface area contributed by atoms with Crippen LogP contribution in [0.25, 0.3) is 0 Å². The minimum absolute atomic E-state index is 0. The lowest BCUT2D eigenvalue weighted by atomic mass is 10.1. The molecule has 1 aliphatic rings. The van der Waals surface area contributed by atoms with Crippen molar-refractivity contribution in [2.75, 3.05) is 26.2 Å². The molecule has 0 aromatic carbocycles. The summed E-state index contributed by atoms with van der Waals surface area (Å²) in [4.78, 5) is 4.48. The zero-order chi connectivity index (χ0) is 20.9. The standard InChI is InChI=1S/C16H26F3N5O3S.HI/c1-4-20-15(21-8-5-14-11(2)23-27-12(14)3)22-13-6-9-24(10-7-13)28(25,26)16(17,18)19;/h13H,4-10H2,1-3H3,(H2,20,21,22);1H. The van der Waals surface area contributed by atoms with Gasteiger partial charge in [-0.25, -0.2) is 8.42 Å². The average molecular weight is 553 g/mol. The summed E-state index contributed by atoms with van der Waals surface area (Å²) in [7, 11) is -5.26. The average Bonchev–Trinajstić information content (AvgIpc) is 2.93. The molecular formula is C16H27F3IN5O3S. The van der Waals surface area contributed by atoms with E-state index in [0.717, 1.165) is 17.0 Å². The Balaban J connectivity index is 0.00000420. The number of aliphatic imine (C=N–C) groups is 1. The highest BCUT2D eigenvalue weighted by atomic mass is 127. The van der Waals surface area contributed by atoms with Crippen LogP contribution in [0.4, 0.5) is 13.2 Å². The number of guanidine groups is 1. The van der Waals surface area contributed by atoms with Crippen LogP contribution in [0, 0.1) is 13.8 Å². The van der Waals surface area contributed by atoms with Crippen molar-refractivity contribution in [2.45, 2.75) is 51.6 Å². The van der Waals surface area contributed by atoms with E-state index in [9.17, 15) is 21.6 Å². The summed E-state index contributed by atoms with van der Waals surface area (Å²) in [6.07, 6.45) is 1.19. The Morgan fingerprint density at radius 3 is 2.41 bits per heavy atom. The van der Waals surface area contributed by atoms with Crippen LogP contribution in [0.1, 0.15) is 36.8 Å². The maximum absolute atomic E-state index is 12.7. The summed E-state index contributed by atoms with van der Waals surface area (Å²) in [5.74, 6) is 1.30. The van der Waals surface area contributed by atoms with E-state index < -0.39 is 15.5 Å². The number of rotatable bonds is 6. The van der Waals surface area contributed by atoms with Crippen molar-refractivity contribution in [3.05, 3.63) is 17.0 Å². The topological polar surface area (TPSA) is 99.8 Å². The van der Waals surface area contributed by atoms with Crippen LogP contribution in [0.15, 0.2) is 9.52 Å². The van der Waals surface area contributed by atoms with Gasteiger partial charge in [-0.1, -0.05) is 5.16 Å². The lowest BCUT2D eigenvalue weighted by molar-refractivity contribution is -0.0494. The molecule has 0 bridgehead atoms. The molecule has 0 radical (unpaired) electrons. The third-order valence-corrected chi connectivity index (χ3v) is 6.21. The molecule has 0 spiro atoms. The van der Waals surface area contributed by atoms with Crippen LogP contribution in [-0.2, 0) is 16.4 Å². The molecule has 0 atom stereocenters. The fourth-order valence-electron chi connectivity index (χ4n) is 3.04. The molecule has 1 fully saturated rings. The third-order valence-electron chi connectivity index (χ3n) is 4.58. The van der Waals surface area contributed by atoms with E-state index in [1.165, 1.54) is 0 Å². The zero-order valence-corrected chi connectivity index (χ0v) is 19.7. The Morgan fingerprint density at radius 1 is 1.31 bits per heavy atom. The van der Waals surface area contributed by atoms with Gasteiger partial charge >= 0.3 is 15.5 Å². The number of aryl methyl sites for hydroxylation is 2. The molecule has 0 saturated carbocycles. The number of nitrogens with one attached hydrogen (secondary N) is 2. The van der Waals surface area contributed by atoms with E-state index in [2.05, 4.69) is 20.8 Å². The number of halogens is 4. The number of nitrogens with zero attached hydrogens (tertiary/aromatic N) is 3. The van der Waals surface area contributed by atoms with E-state index in [0.29, 0.717) is 29.8 Å². The molecule has 168 valence electrons. The van der Waals surface area contributed by atoms with E-state index in [1.54, 1.807) is 0 Å². The van der Waals surface area contributed by atoms with Gasteiger partial charge in [-0.3, -0.25) is 4.99 Å². The second-order valence-electron chi connectivity index (χ2n) is 6.58. The first-order valence-corrected chi connectivity index (χ1v) is 10.5. The van der Waals surface area contributed by atoms with Gasteiger partial charge < -0.3 is 15.2 Å². The fourth-order valence-corrected chi connectivity index (χ4v) is 4.02. The molecule has 1 aliphatic heterocycles. The van der Waals surface area contributed by atoms with Crippen LogP contribution in [0.3, 0.4) is 0 Å². The van der Waals surface area contributed by atoms with E-state index in [-0.39, 0.29) is 55.9 Å². The quantitative estimate of drug-likeness (QED) is 0.319. The van der Waals surface area contributed by atoms with Crippen LogP contribution in [-0.4, -0.2) is 61.6 Å². The highest BCUT2D eigenvalue weighted by molar-refractivity contribution is 14.0. The highest BCUT2D eigenvalue weighted by Crippen LogP contribution is 2.28. The number of hydrogen-bond acceptors (Lipinski definition) is 5. The summed E-state index contributed by atoms with van der Waals surface area (Å²) in [6, 6.07) is -0.156. The molecule has 29 heavy (non-hydrogen) atoms. The van der Waals surface area contributed by atoms with Crippen LogP contribution < -0.4 is 10.6 Å². The van der Waals surface area contributed by atoms with Gasteiger partial charge in [-0.05, 0) is 40.0 Å². The lowest BCUT2D eigenvalue weighted by Crippen LogP contribution is -2.51. The molecule has 1 aromatic rings. The number of piperidine rings is 1. The van der Waals surface area contributed by atoms with Crippen LogP contribution in [0.5, 0.6) is 0 Å². The summed E-state index contributed by atoms with van der Waals surface area (Å²) >= 11 is 0. The Bertz CT molecular complexity index is 771. The van der Waals surface area contributed by atoms with Crippen LogP contribution >= 0.6 is 24.0 Å². The largest absolute Gasteiger partial charge is 0.511 e. The molecule has 8 nitrogen and oxygen atoms in total. The third kappa shape index (κ3) is 6.70. The number of hydrogen-bond donors (Lipinski definition) is 2. The fraction of sp³-hybridized carbons (Fsp3) is 0.750. The van der Waals surface area contributed by atoms with Crippen molar-refractivity contribution in [3.63, 3.8) is 0 Å². The Labute approximate surface area is 185 Å². The van der Waals surface area contributed by atoms with Crippen molar-refractivity contribution in [1.82, 2.24) is 20.1 Å². The van der Waals surface area contributed by atoms with Gasteiger partial charge in [-0.2, -0.15) is 17.5 Å². The van der Waals surface area contributed by atoms with Crippen molar-refractivity contribution in [2.24, 2.45) is 4.99 Å². The van der Waals surface area contributed by atoms with Crippen molar-refractivity contribution in [3.8, 4) is 0 Å². The molecule has 2 rings (SSSR count). The van der Waals surface area contributed by atoms with Gasteiger partial charge in [0.05, 0.1) is 5.69 Å². The molecule has 1 saturated heterocycles. The lowest BCUT2D eigenvalue weighted by Gasteiger charge is -2.32. The second-order valence-corrected chi connectivity index (χ2v) is 8.51. The molecule has 0 amide bonds. The van der Waals surface area contributed by atoms with Gasteiger partial charge in [0.15, 0.2) is 5.96 Å². The maximum Gasteiger partial charge on any atom is 0.511 e. The maximum atomic E-state index is 12.7. The molecular weight excluding hydrogens is 526 g/mol. The molecule has 1 aromatic heterocycles. The normalized spacial score (nSPS) is 17.1. The number of aromatic nitrogens is 1. The number of sulfonamides is 1. The second kappa shape index (κ2) is 10.8. The predicted octanol–water partition coefficient (Wildman–Crippen LogP) is 2.32. The van der Waals surface area contributed by atoms with Gasteiger partial charge in [-0.15, -0.1) is 24.0 Å².